The number of halogens is 1. The second-order valence-corrected chi connectivity index (χ2v) is 5.63. The van der Waals surface area contributed by atoms with Crippen LogP contribution in [0.3, 0.4) is 0 Å². The predicted molar refractivity (Wildman–Crippen MR) is 87.7 cm³/mol. The Labute approximate surface area is 138 Å². The predicted octanol–water partition coefficient (Wildman–Crippen LogP) is 2.90. The highest BCUT2D eigenvalue weighted by atomic mass is 79.9. The molecular weight excluding hydrogens is 348 g/mol. The lowest BCUT2D eigenvalue weighted by Crippen LogP contribution is -2.47. The van der Waals surface area contributed by atoms with Crippen LogP contribution in [-0.2, 0) is 9.53 Å². The molecule has 2 rings (SSSR count). The van der Waals surface area contributed by atoms with Crippen LogP contribution in [0.25, 0.3) is 0 Å². The third kappa shape index (κ3) is 3.16. The summed E-state index contributed by atoms with van der Waals surface area (Å²) >= 11 is 3.36. The molecular formula is C16H19BrN2O3. The summed E-state index contributed by atoms with van der Waals surface area (Å²) < 4.78 is 5.18. The van der Waals surface area contributed by atoms with Crippen molar-refractivity contribution < 1.29 is 14.3 Å². The third-order valence-electron chi connectivity index (χ3n) is 3.61. The summed E-state index contributed by atoms with van der Waals surface area (Å²) in [5.41, 5.74) is 3.05. The normalized spacial score (nSPS) is 18.3. The lowest BCUT2D eigenvalue weighted by atomic mass is 9.94. The minimum absolute atomic E-state index is 0.243. The van der Waals surface area contributed by atoms with Crippen LogP contribution in [0.5, 0.6) is 0 Å². The Bertz CT molecular complexity index is 610. The molecule has 1 aromatic rings. The zero-order valence-electron chi connectivity index (χ0n) is 12.9. The summed E-state index contributed by atoms with van der Waals surface area (Å²) in [5, 5.41) is 3.26. The Kier molecular flexibility index (Phi) is 5.24. The number of rotatable bonds is 4. The first-order valence-electron chi connectivity index (χ1n) is 7.06. The maximum absolute atomic E-state index is 12.4. The highest BCUT2D eigenvalue weighted by Gasteiger charge is 2.36. The van der Waals surface area contributed by atoms with Crippen molar-refractivity contribution in [2.45, 2.75) is 19.9 Å². The molecule has 0 bridgehead atoms. The first-order valence-corrected chi connectivity index (χ1v) is 8.18. The Hall–Kier alpha value is -1.82. The maximum atomic E-state index is 12.4. The number of carbonyl (C=O) groups is 2. The maximum Gasteiger partial charge on any atom is 0.338 e. The second kappa shape index (κ2) is 6.96. The van der Waals surface area contributed by atoms with Crippen LogP contribution < -0.4 is 5.32 Å². The number of alkyl halides is 1. The van der Waals surface area contributed by atoms with Gasteiger partial charge in [-0.05, 0) is 19.4 Å². The van der Waals surface area contributed by atoms with Gasteiger partial charge in [-0.15, -0.1) is 0 Å². The van der Waals surface area contributed by atoms with E-state index in [9.17, 15) is 9.59 Å². The fraction of sp³-hybridized carbons (Fsp3) is 0.375. The highest BCUT2D eigenvalue weighted by molar-refractivity contribution is 9.09. The zero-order chi connectivity index (χ0) is 16.3. The van der Waals surface area contributed by atoms with Crippen molar-refractivity contribution in [3.8, 4) is 0 Å². The summed E-state index contributed by atoms with van der Waals surface area (Å²) in [6, 6.07) is 6.99. The molecule has 0 fully saturated rings. The summed E-state index contributed by atoms with van der Waals surface area (Å²) in [4.78, 5) is 26.0. The lowest BCUT2D eigenvalue weighted by molar-refractivity contribution is -0.139. The number of hydrogen-bond acceptors (Lipinski definition) is 3. The Morgan fingerprint density at radius 2 is 2.00 bits per heavy atom. The van der Waals surface area contributed by atoms with Crippen LogP contribution in [0.2, 0.25) is 0 Å². The molecule has 6 heteroatoms. The minimum atomic E-state index is -0.504. The van der Waals surface area contributed by atoms with E-state index in [0.717, 1.165) is 11.1 Å². The van der Waals surface area contributed by atoms with E-state index in [0.29, 0.717) is 16.6 Å². The molecule has 5 nitrogen and oxygen atoms in total. The Morgan fingerprint density at radius 3 is 2.55 bits per heavy atom. The number of amides is 2. The van der Waals surface area contributed by atoms with E-state index in [4.69, 9.17) is 4.74 Å². The van der Waals surface area contributed by atoms with Crippen molar-refractivity contribution in [2.75, 3.05) is 19.0 Å². The smallest absolute Gasteiger partial charge is 0.338 e. The molecule has 0 spiro atoms. The van der Waals surface area contributed by atoms with E-state index in [-0.39, 0.29) is 12.6 Å². The zero-order valence-corrected chi connectivity index (χ0v) is 14.4. The van der Waals surface area contributed by atoms with Crippen molar-refractivity contribution >= 4 is 27.9 Å². The van der Waals surface area contributed by atoms with Crippen LogP contribution >= 0.6 is 15.9 Å². The van der Waals surface area contributed by atoms with Crippen molar-refractivity contribution in [1.82, 2.24) is 10.2 Å². The topological polar surface area (TPSA) is 58.6 Å². The molecule has 1 heterocycles. The average Bonchev–Trinajstić information content (AvgIpc) is 2.50. The van der Waals surface area contributed by atoms with Crippen molar-refractivity contribution in [3.05, 3.63) is 46.7 Å². The number of carbonyl (C=O) groups excluding carboxylic acids is 2. The second-order valence-electron chi connectivity index (χ2n) is 5.07. The third-order valence-corrected chi connectivity index (χ3v) is 4.14. The van der Waals surface area contributed by atoms with Gasteiger partial charge in [-0.2, -0.15) is 0 Å². The molecule has 0 unspecified atom stereocenters. The quantitative estimate of drug-likeness (QED) is 0.658. The van der Waals surface area contributed by atoms with Gasteiger partial charge in [0.1, 0.15) is 0 Å². The number of allylic oxidation sites excluding steroid dienone is 1. The SMILES string of the molecule is CCOC(=O)C1=C(CBr)N(C)C(=O)N[C@@H]1c1ccc(C)cc1. The van der Waals surface area contributed by atoms with Crippen molar-refractivity contribution in [2.24, 2.45) is 0 Å². The van der Waals surface area contributed by atoms with E-state index >= 15 is 0 Å². The lowest BCUT2D eigenvalue weighted by Gasteiger charge is -2.34. The summed E-state index contributed by atoms with van der Waals surface area (Å²) in [6.45, 7) is 4.04. The number of benzene rings is 1. The van der Waals surface area contributed by atoms with Gasteiger partial charge in [0.15, 0.2) is 0 Å². The van der Waals surface area contributed by atoms with E-state index in [1.807, 2.05) is 31.2 Å². The molecule has 2 amide bonds. The monoisotopic (exact) mass is 366 g/mol. The molecule has 0 aliphatic carbocycles. The minimum Gasteiger partial charge on any atom is -0.463 e. The molecule has 1 aromatic carbocycles. The number of hydrogen-bond donors (Lipinski definition) is 1. The van der Waals surface area contributed by atoms with E-state index in [1.54, 1.807) is 14.0 Å². The van der Waals surface area contributed by atoms with Gasteiger partial charge in [0, 0.05) is 18.1 Å². The standard InChI is InChI=1S/C16H19BrN2O3/c1-4-22-15(20)13-12(9-17)19(3)16(21)18-14(13)11-7-5-10(2)6-8-11/h5-8,14H,4,9H2,1-3H3,(H,18,21)/t14-/m1/s1. The fourth-order valence-electron chi connectivity index (χ4n) is 2.38. The molecule has 22 heavy (non-hydrogen) atoms. The van der Waals surface area contributed by atoms with Crippen LogP contribution in [0.15, 0.2) is 35.5 Å². The van der Waals surface area contributed by atoms with Gasteiger partial charge in [-0.1, -0.05) is 45.8 Å². The number of aryl methyl sites for hydroxylation is 1. The first kappa shape index (κ1) is 16.5. The largest absolute Gasteiger partial charge is 0.463 e. The average molecular weight is 367 g/mol. The van der Waals surface area contributed by atoms with Gasteiger partial charge in [0.25, 0.3) is 0 Å². The molecule has 1 aliphatic heterocycles. The Balaban J connectivity index is 2.53. The Morgan fingerprint density at radius 1 is 1.36 bits per heavy atom. The molecule has 0 saturated heterocycles. The molecule has 1 N–H and O–H groups in total. The van der Waals surface area contributed by atoms with E-state index in [1.165, 1.54) is 4.90 Å². The van der Waals surface area contributed by atoms with E-state index in [2.05, 4.69) is 21.2 Å². The van der Waals surface area contributed by atoms with Crippen molar-refractivity contribution in [1.29, 1.82) is 0 Å². The van der Waals surface area contributed by atoms with Gasteiger partial charge < -0.3 is 10.1 Å². The molecule has 0 radical (unpaired) electrons. The number of urea groups is 1. The molecule has 118 valence electrons. The molecule has 0 saturated carbocycles. The van der Waals surface area contributed by atoms with Crippen LogP contribution in [0, 0.1) is 6.92 Å². The van der Waals surface area contributed by atoms with Gasteiger partial charge in [-0.25, -0.2) is 9.59 Å². The molecule has 1 atom stereocenters. The molecule has 1 aliphatic rings. The van der Waals surface area contributed by atoms with Gasteiger partial charge >= 0.3 is 12.0 Å². The highest BCUT2D eigenvalue weighted by Crippen LogP contribution is 2.31. The summed E-state index contributed by atoms with van der Waals surface area (Å²) in [7, 11) is 1.64. The van der Waals surface area contributed by atoms with Crippen LogP contribution in [0.4, 0.5) is 4.79 Å². The van der Waals surface area contributed by atoms with Gasteiger partial charge in [0.05, 0.1) is 18.2 Å². The fourth-order valence-corrected chi connectivity index (χ4v) is 3.06. The van der Waals surface area contributed by atoms with Gasteiger partial charge in [0.2, 0.25) is 0 Å². The first-order chi connectivity index (χ1) is 10.5. The number of esters is 1. The van der Waals surface area contributed by atoms with E-state index < -0.39 is 12.0 Å². The number of nitrogens with zero attached hydrogens (tertiary/aromatic N) is 1. The van der Waals surface area contributed by atoms with Crippen LogP contribution in [-0.4, -0.2) is 35.9 Å². The number of ether oxygens (including phenoxy) is 1. The van der Waals surface area contributed by atoms with Crippen LogP contribution in [0.1, 0.15) is 24.1 Å². The van der Waals surface area contributed by atoms with Gasteiger partial charge in [-0.3, -0.25) is 4.90 Å². The number of nitrogens with one attached hydrogen (secondary N) is 1. The summed E-state index contributed by atoms with van der Waals surface area (Å²) in [6.07, 6.45) is 0. The van der Waals surface area contributed by atoms with Crippen molar-refractivity contribution in [3.63, 3.8) is 0 Å². The molecule has 0 aromatic heterocycles. The summed E-state index contributed by atoms with van der Waals surface area (Å²) in [5.74, 6) is -0.408.